The zero-order chi connectivity index (χ0) is 18.1. The first-order chi connectivity index (χ1) is 12.6. The van der Waals surface area contributed by atoms with Gasteiger partial charge in [-0.1, -0.05) is 22.0 Å². The Morgan fingerprint density at radius 1 is 1.23 bits per heavy atom. The number of halogens is 1. The Morgan fingerprint density at radius 2 is 1.96 bits per heavy atom. The minimum atomic E-state index is -0.873. The molecule has 2 unspecified atom stereocenters. The number of rotatable bonds is 4. The van der Waals surface area contributed by atoms with Crippen molar-refractivity contribution in [2.75, 3.05) is 18.0 Å². The zero-order valence-corrected chi connectivity index (χ0v) is 16.0. The van der Waals surface area contributed by atoms with Gasteiger partial charge in [-0.3, -0.25) is 14.8 Å². The fourth-order valence-corrected chi connectivity index (χ4v) is 4.79. The lowest BCUT2D eigenvalue weighted by Crippen LogP contribution is -2.65. The van der Waals surface area contributed by atoms with Gasteiger partial charge in [-0.2, -0.15) is 0 Å². The number of anilines is 1. The van der Waals surface area contributed by atoms with E-state index in [1.165, 1.54) is 0 Å². The second-order valence-corrected chi connectivity index (χ2v) is 8.04. The molecule has 136 valence electrons. The number of carbonyl (C=O) groups is 1. The van der Waals surface area contributed by atoms with Crippen LogP contribution >= 0.6 is 15.9 Å². The molecule has 2 atom stereocenters. The molecule has 2 aromatic rings. The van der Waals surface area contributed by atoms with Gasteiger partial charge in [0, 0.05) is 28.6 Å². The predicted molar refractivity (Wildman–Crippen MR) is 104 cm³/mol. The van der Waals surface area contributed by atoms with Crippen molar-refractivity contribution in [1.82, 2.24) is 9.88 Å². The molecule has 4 heterocycles. The van der Waals surface area contributed by atoms with Crippen LogP contribution in [0.5, 0.6) is 0 Å². The quantitative estimate of drug-likeness (QED) is 0.818. The van der Waals surface area contributed by atoms with Gasteiger partial charge >= 0.3 is 6.09 Å². The molecule has 0 spiro atoms. The van der Waals surface area contributed by atoms with E-state index in [9.17, 15) is 9.90 Å². The Balaban J connectivity index is 1.69. The molecule has 26 heavy (non-hydrogen) atoms. The lowest BCUT2D eigenvalue weighted by Gasteiger charge is -2.54. The van der Waals surface area contributed by atoms with Crippen LogP contribution in [0, 0.1) is 5.92 Å². The fourth-order valence-electron chi connectivity index (χ4n) is 4.53. The number of fused-ring (bicyclic) bond motifs is 3. The molecular formula is C20H22BrN3O2. The molecule has 0 saturated carbocycles. The Bertz CT molecular complexity index is 760. The van der Waals surface area contributed by atoms with Crippen LogP contribution in [0.3, 0.4) is 0 Å². The summed E-state index contributed by atoms with van der Waals surface area (Å²) in [5.41, 5.74) is 1.91. The highest BCUT2D eigenvalue weighted by Crippen LogP contribution is 2.39. The fraction of sp³-hybridized carbons (Fsp3) is 0.400. The number of aromatic nitrogens is 1. The summed E-state index contributed by atoms with van der Waals surface area (Å²) >= 11 is 3.44. The van der Waals surface area contributed by atoms with E-state index in [4.69, 9.17) is 0 Å². The zero-order valence-electron chi connectivity index (χ0n) is 14.5. The Labute approximate surface area is 161 Å². The standard InChI is InChI=1S/C20H22BrN3O2/c21-16-3-5-17(6-4-16)24(20(25)26)19-15-7-10-23(11-8-15)18(19)12-14-2-1-9-22-13-14/h1-6,9,13,15,18-19H,7-8,10-12H2,(H,25,26). The number of pyridine rings is 1. The summed E-state index contributed by atoms with van der Waals surface area (Å²) in [7, 11) is 0. The number of carboxylic acid groups (broad SMARTS) is 1. The van der Waals surface area contributed by atoms with Gasteiger partial charge in [0.15, 0.2) is 0 Å². The third-order valence-corrected chi connectivity index (χ3v) is 6.23. The van der Waals surface area contributed by atoms with Gasteiger partial charge in [-0.25, -0.2) is 4.79 Å². The number of nitrogens with zero attached hydrogens (tertiary/aromatic N) is 3. The Hall–Kier alpha value is -1.92. The SMILES string of the molecule is O=C(O)N(c1ccc(Br)cc1)C1C2CCN(CC2)C1Cc1cccnc1. The monoisotopic (exact) mass is 415 g/mol. The second kappa shape index (κ2) is 7.37. The third kappa shape index (κ3) is 3.35. The van der Waals surface area contributed by atoms with Crippen molar-refractivity contribution in [3.63, 3.8) is 0 Å². The number of amides is 1. The summed E-state index contributed by atoms with van der Waals surface area (Å²) < 4.78 is 0.951. The second-order valence-electron chi connectivity index (χ2n) is 7.13. The molecule has 2 bridgehead atoms. The molecule has 3 aliphatic heterocycles. The summed E-state index contributed by atoms with van der Waals surface area (Å²) in [6.07, 6.45) is 5.76. The summed E-state index contributed by atoms with van der Waals surface area (Å²) in [5.74, 6) is 0.404. The number of hydrogen-bond acceptors (Lipinski definition) is 3. The maximum atomic E-state index is 12.2. The van der Waals surface area contributed by atoms with E-state index in [0.29, 0.717) is 5.92 Å². The van der Waals surface area contributed by atoms with Crippen molar-refractivity contribution in [3.05, 3.63) is 58.8 Å². The van der Waals surface area contributed by atoms with Crippen molar-refractivity contribution >= 4 is 27.7 Å². The molecular weight excluding hydrogens is 394 g/mol. The smallest absolute Gasteiger partial charge is 0.412 e. The van der Waals surface area contributed by atoms with Crippen LogP contribution in [0.4, 0.5) is 10.5 Å². The summed E-state index contributed by atoms with van der Waals surface area (Å²) in [5, 5.41) is 10.0. The van der Waals surface area contributed by atoms with E-state index < -0.39 is 6.09 Å². The van der Waals surface area contributed by atoms with Gasteiger partial charge in [0.1, 0.15) is 0 Å². The summed E-state index contributed by atoms with van der Waals surface area (Å²) in [6.45, 7) is 2.11. The number of benzene rings is 1. The lowest BCUT2D eigenvalue weighted by atomic mass is 9.76. The van der Waals surface area contributed by atoms with E-state index in [1.807, 2.05) is 36.5 Å². The van der Waals surface area contributed by atoms with E-state index in [2.05, 4.69) is 31.9 Å². The average Bonchev–Trinajstić information content (AvgIpc) is 2.66. The Morgan fingerprint density at radius 3 is 2.58 bits per heavy atom. The van der Waals surface area contributed by atoms with Crippen LogP contribution < -0.4 is 4.90 Å². The molecule has 5 rings (SSSR count). The van der Waals surface area contributed by atoms with Gasteiger partial charge in [-0.15, -0.1) is 0 Å². The minimum Gasteiger partial charge on any atom is -0.465 e. The normalized spacial score (nSPS) is 27.3. The van der Waals surface area contributed by atoms with Crippen LogP contribution in [-0.4, -0.2) is 46.3 Å². The number of piperidine rings is 3. The first-order valence-electron chi connectivity index (χ1n) is 9.04. The molecule has 0 radical (unpaired) electrons. The van der Waals surface area contributed by atoms with Crippen LogP contribution in [0.1, 0.15) is 18.4 Å². The minimum absolute atomic E-state index is 0.0311. The first-order valence-corrected chi connectivity index (χ1v) is 9.83. The molecule has 5 nitrogen and oxygen atoms in total. The molecule has 1 N–H and O–H groups in total. The first kappa shape index (κ1) is 17.5. The highest BCUT2D eigenvalue weighted by molar-refractivity contribution is 9.10. The molecule has 3 saturated heterocycles. The average molecular weight is 416 g/mol. The molecule has 1 aromatic carbocycles. The molecule has 3 aliphatic rings. The van der Waals surface area contributed by atoms with E-state index in [0.717, 1.165) is 48.1 Å². The van der Waals surface area contributed by atoms with Crippen molar-refractivity contribution in [3.8, 4) is 0 Å². The van der Waals surface area contributed by atoms with Crippen molar-refractivity contribution < 1.29 is 9.90 Å². The topological polar surface area (TPSA) is 56.7 Å². The predicted octanol–water partition coefficient (Wildman–Crippen LogP) is 4.03. The van der Waals surface area contributed by atoms with E-state index >= 15 is 0 Å². The van der Waals surface area contributed by atoms with Crippen LogP contribution in [0.2, 0.25) is 0 Å². The largest absolute Gasteiger partial charge is 0.465 e. The highest BCUT2D eigenvalue weighted by atomic mass is 79.9. The van der Waals surface area contributed by atoms with Gasteiger partial charge < -0.3 is 5.11 Å². The number of hydrogen-bond donors (Lipinski definition) is 1. The maximum Gasteiger partial charge on any atom is 0.412 e. The summed E-state index contributed by atoms with van der Waals surface area (Å²) in [4.78, 5) is 20.5. The highest BCUT2D eigenvalue weighted by Gasteiger charge is 2.46. The molecule has 1 amide bonds. The molecule has 1 aromatic heterocycles. The third-order valence-electron chi connectivity index (χ3n) is 5.70. The van der Waals surface area contributed by atoms with Crippen molar-refractivity contribution in [2.45, 2.75) is 31.3 Å². The van der Waals surface area contributed by atoms with Gasteiger partial charge in [0.2, 0.25) is 0 Å². The Kier molecular flexibility index (Phi) is 4.96. The van der Waals surface area contributed by atoms with E-state index in [1.54, 1.807) is 11.1 Å². The maximum absolute atomic E-state index is 12.2. The van der Waals surface area contributed by atoms with Gasteiger partial charge in [-0.05, 0) is 74.2 Å². The lowest BCUT2D eigenvalue weighted by molar-refractivity contribution is 0.0255. The van der Waals surface area contributed by atoms with Gasteiger partial charge in [0.05, 0.1) is 6.04 Å². The molecule has 6 heteroatoms. The van der Waals surface area contributed by atoms with Crippen LogP contribution in [0.25, 0.3) is 0 Å². The van der Waals surface area contributed by atoms with Gasteiger partial charge in [0.25, 0.3) is 0 Å². The summed E-state index contributed by atoms with van der Waals surface area (Å²) in [6, 6.07) is 11.8. The van der Waals surface area contributed by atoms with Crippen molar-refractivity contribution in [1.29, 1.82) is 0 Å². The van der Waals surface area contributed by atoms with Crippen LogP contribution in [0.15, 0.2) is 53.3 Å². The van der Waals surface area contributed by atoms with Crippen molar-refractivity contribution in [2.24, 2.45) is 5.92 Å². The molecule has 3 fully saturated rings. The van der Waals surface area contributed by atoms with E-state index in [-0.39, 0.29) is 12.1 Å². The van der Waals surface area contributed by atoms with Crippen LogP contribution in [-0.2, 0) is 6.42 Å². The molecule has 0 aliphatic carbocycles.